The van der Waals surface area contributed by atoms with Gasteiger partial charge in [-0.2, -0.15) is 0 Å². The average molecular weight is 270 g/mol. The Bertz CT molecular complexity index is 429. The van der Waals surface area contributed by atoms with Crippen molar-refractivity contribution in [3.63, 3.8) is 0 Å². The van der Waals surface area contributed by atoms with Crippen molar-refractivity contribution >= 4 is 23.2 Å². The molecule has 0 saturated carbocycles. The van der Waals surface area contributed by atoms with Gasteiger partial charge in [0.05, 0.1) is 11.2 Å². The minimum Gasteiger partial charge on any atom is -0.480 e. The van der Waals surface area contributed by atoms with E-state index in [2.05, 4.69) is 10.3 Å². The average Bonchev–Trinajstić information content (AvgIpc) is 2.77. The lowest BCUT2D eigenvalue weighted by atomic mass is 10.1. The molecule has 0 aliphatic heterocycles. The number of nitrogens with zero attached hydrogens (tertiary/aromatic N) is 1. The van der Waals surface area contributed by atoms with Crippen LogP contribution in [0.5, 0.6) is 0 Å². The summed E-state index contributed by atoms with van der Waals surface area (Å²) < 4.78 is 0. The topological polar surface area (TPSA) is 79.3 Å². The maximum absolute atomic E-state index is 11.9. The first kappa shape index (κ1) is 14.6. The number of carboxylic acid groups (broad SMARTS) is 1. The van der Waals surface area contributed by atoms with Crippen LogP contribution >= 0.6 is 11.3 Å². The monoisotopic (exact) mass is 270 g/mol. The minimum atomic E-state index is -1.00. The van der Waals surface area contributed by atoms with Gasteiger partial charge in [0, 0.05) is 5.92 Å². The zero-order valence-electron chi connectivity index (χ0n) is 10.8. The van der Waals surface area contributed by atoms with Crippen LogP contribution in [0, 0.1) is 0 Å². The van der Waals surface area contributed by atoms with E-state index in [1.54, 1.807) is 0 Å². The van der Waals surface area contributed by atoms with Crippen molar-refractivity contribution in [2.75, 3.05) is 0 Å². The summed E-state index contributed by atoms with van der Waals surface area (Å²) in [7, 11) is 0. The van der Waals surface area contributed by atoms with E-state index in [1.165, 1.54) is 17.5 Å². The molecule has 1 aromatic heterocycles. The molecule has 0 aliphatic rings. The van der Waals surface area contributed by atoms with Gasteiger partial charge in [-0.1, -0.05) is 27.2 Å². The number of amides is 1. The number of carbonyl (C=O) groups is 2. The smallest absolute Gasteiger partial charge is 0.326 e. The maximum atomic E-state index is 11.9. The van der Waals surface area contributed by atoms with E-state index < -0.39 is 12.0 Å². The highest BCUT2D eigenvalue weighted by Crippen LogP contribution is 2.21. The largest absolute Gasteiger partial charge is 0.480 e. The number of aliphatic carboxylic acids is 1. The van der Waals surface area contributed by atoms with Crippen LogP contribution in [0.3, 0.4) is 0 Å². The van der Waals surface area contributed by atoms with Gasteiger partial charge in [-0.3, -0.25) is 4.79 Å². The Morgan fingerprint density at radius 2 is 2.17 bits per heavy atom. The first-order valence-corrected chi connectivity index (χ1v) is 6.76. The van der Waals surface area contributed by atoms with Crippen LogP contribution in [0.15, 0.2) is 6.20 Å². The van der Waals surface area contributed by atoms with Gasteiger partial charge < -0.3 is 10.4 Å². The molecule has 0 radical (unpaired) electrons. The Labute approximate surface area is 110 Å². The Morgan fingerprint density at radius 1 is 1.50 bits per heavy atom. The lowest BCUT2D eigenvalue weighted by molar-refractivity contribution is -0.139. The van der Waals surface area contributed by atoms with Crippen molar-refractivity contribution in [1.82, 2.24) is 10.3 Å². The van der Waals surface area contributed by atoms with Crippen molar-refractivity contribution in [2.24, 2.45) is 0 Å². The van der Waals surface area contributed by atoms with Gasteiger partial charge in [0.15, 0.2) is 0 Å². The predicted octanol–water partition coefficient (Wildman–Crippen LogP) is 2.25. The molecule has 1 heterocycles. The molecule has 6 heteroatoms. The summed E-state index contributed by atoms with van der Waals surface area (Å²) in [5.41, 5.74) is 0. The predicted molar refractivity (Wildman–Crippen MR) is 70.0 cm³/mol. The van der Waals surface area contributed by atoms with Crippen LogP contribution < -0.4 is 5.32 Å². The summed E-state index contributed by atoms with van der Waals surface area (Å²) in [4.78, 5) is 27.4. The van der Waals surface area contributed by atoms with E-state index >= 15 is 0 Å². The fourth-order valence-corrected chi connectivity index (χ4v) is 2.26. The van der Waals surface area contributed by atoms with E-state index in [-0.39, 0.29) is 11.8 Å². The summed E-state index contributed by atoms with van der Waals surface area (Å²) >= 11 is 1.30. The number of carboxylic acids is 1. The zero-order valence-corrected chi connectivity index (χ0v) is 11.6. The van der Waals surface area contributed by atoms with Gasteiger partial charge >= 0.3 is 5.97 Å². The second-order valence-corrected chi connectivity index (χ2v) is 5.43. The van der Waals surface area contributed by atoms with Crippen LogP contribution in [0.2, 0.25) is 0 Å². The second-order valence-electron chi connectivity index (χ2n) is 4.37. The van der Waals surface area contributed by atoms with Crippen molar-refractivity contribution in [3.05, 3.63) is 16.1 Å². The van der Waals surface area contributed by atoms with Crippen LogP contribution in [0.25, 0.3) is 0 Å². The van der Waals surface area contributed by atoms with Crippen molar-refractivity contribution in [3.8, 4) is 0 Å². The van der Waals surface area contributed by atoms with E-state index in [1.807, 2.05) is 20.8 Å². The van der Waals surface area contributed by atoms with Crippen LogP contribution in [0.1, 0.15) is 54.2 Å². The zero-order chi connectivity index (χ0) is 13.7. The van der Waals surface area contributed by atoms with Crippen molar-refractivity contribution < 1.29 is 14.7 Å². The number of hydrogen-bond acceptors (Lipinski definition) is 4. The molecule has 1 rings (SSSR count). The van der Waals surface area contributed by atoms with Gasteiger partial charge in [0.1, 0.15) is 10.9 Å². The molecule has 2 N–H and O–H groups in total. The van der Waals surface area contributed by atoms with Crippen molar-refractivity contribution in [1.29, 1.82) is 0 Å². The summed E-state index contributed by atoms with van der Waals surface area (Å²) in [6.45, 7) is 5.88. The molecule has 1 atom stereocenters. The van der Waals surface area contributed by atoms with Gasteiger partial charge in [0.2, 0.25) is 0 Å². The number of hydrogen-bond donors (Lipinski definition) is 2. The van der Waals surface area contributed by atoms with Crippen LogP contribution in [-0.4, -0.2) is 28.0 Å². The molecule has 18 heavy (non-hydrogen) atoms. The van der Waals surface area contributed by atoms with E-state index in [9.17, 15) is 9.59 Å². The molecule has 1 unspecified atom stereocenters. The molecule has 0 spiro atoms. The summed E-state index contributed by atoms with van der Waals surface area (Å²) in [5, 5.41) is 12.4. The summed E-state index contributed by atoms with van der Waals surface area (Å²) in [6.07, 6.45) is 2.63. The first-order chi connectivity index (χ1) is 8.45. The van der Waals surface area contributed by atoms with E-state index in [0.29, 0.717) is 17.7 Å². The lowest BCUT2D eigenvalue weighted by Crippen LogP contribution is -2.40. The standard InChI is InChI=1S/C12H18N2O3S/c1-4-5-8(12(16)17)14-10(15)9-6-13-11(18-9)7(2)3/h6-8H,4-5H2,1-3H3,(H,14,15)(H,16,17). The molecule has 0 aliphatic carbocycles. The highest BCUT2D eigenvalue weighted by Gasteiger charge is 2.21. The molecule has 5 nitrogen and oxygen atoms in total. The van der Waals surface area contributed by atoms with Gasteiger partial charge in [-0.15, -0.1) is 11.3 Å². The third-order valence-electron chi connectivity index (χ3n) is 2.42. The van der Waals surface area contributed by atoms with Gasteiger partial charge in [-0.25, -0.2) is 9.78 Å². The maximum Gasteiger partial charge on any atom is 0.326 e. The molecule has 0 aromatic carbocycles. The summed E-state index contributed by atoms with van der Waals surface area (Å²) in [5.74, 6) is -1.10. The first-order valence-electron chi connectivity index (χ1n) is 5.95. The third kappa shape index (κ3) is 3.80. The van der Waals surface area contributed by atoms with Crippen LogP contribution in [0.4, 0.5) is 0 Å². The molecule has 0 saturated heterocycles. The fourth-order valence-electron chi connectivity index (χ4n) is 1.43. The molecular formula is C12H18N2O3S. The Morgan fingerprint density at radius 3 is 2.61 bits per heavy atom. The van der Waals surface area contributed by atoms with E-state index in [0.717, 1.165) is 5.01 Å². The molecule has 1 aromatic rings. The quantitative estimate of drug-likeness (QED) is 0.831. The number of aromatic nitrogens is 1. The fraction of sp³-hybridized carbons (Fsp3) is 0.583. The molecule has 1 amide bonds. The van der Waals surface area contributed by atoms with Gasteiger partial charge in [0.25, 0.3) is 5.91 Å². The highest BCUT2D eigenvalue weighted by molar-refractivity contribution is 7.13. The second kappa shape index (κ2) is 6.49. The highest BCUT2D eigenvalue weighted by atomic mass is 32.1. The Kier molecular flexibility index (Phi) is 5.27. The molecular weight excluding hydrogens is 252 g/mol. The SMILES string of the molecule is CCCC(NC(=O)c1cnc(C(C)C)s1)C(=O)O. The molecule has 0 fully saturated rings. The number of thiazole rings is 1. The molecule has 100 valence electrons. The normalized spacial score (nSPS) is 12.4. The number of nitrogens with one attached hydrogen (secondary N) is 1. The number of rotatable bonds is 6. The van der Waals surface area contributed by atoms with Gasteiger partial charge in [-0.05, 0) is 6.42 Å². The third-order valence-corrected chi connectivity index (χ3v) is 3.72. The molecule has 0 bridgehead atoms. The minimum absolute atomic E-state index is 0.266. The lowest BCUT2D eigenvalue weighted by Gasteiger charge is -2.12. The number of carbonyl (C=O) groups excluding carboxylic acids is 1. The van der Waals surface area contributed by atoms with Crippen LogP contribution in [-0.2, 0) is 4.79 Å². The Balaban J connectivity index is 2.71. The van der Waals surface area contributed by atoms with E-state index in [4.69, 9.17) is 5.11 Å². The summed E-state index contributed by atoms with van der Waals surface area (Å²) in [6, 6.07) is -0.827. The Hall–Kier alpha value is -1.43. The van der Waals surface area contributed by atoms with Crippen molar-refractivity contribution in [2.45, 2.75) is 45.6 Å².